The predicted molar refractivity (Wildman–Crippen MR) is 102 cm³/mol. The van der Waals surface area contributed by atoms with Crippen molar-refractivity contribution in [3.05, 3.63) is 65.0 Å². The smallest absolute Gasteiger partial charge is 0.242 e. The Labute approximate surface area is 162 Å². The van der Waals surface area contributed by atoms with E-state index in [0.717, 1.165) is 0 Å². The average Bonchev–Trinajstić information content (AvgIpc) is 3.10. The van der Waals surface area contributed by atoms with Crippen LogP contribution in [0.25, 0.3) is 11.4 Å². The van der Waals surface area contributed by atoms with E-state index >= 15 is 0 Å². The molecular formula is C18H18ClN3O4S. The van der Waals surface area contributed by atoms with Crippen molar-refractivity contribution in [1.82, 2.24) is 14.4 Å². The molecule has 7 nitrogen and oxygen atoms in total. The lowest BCUT2D eigenvalue weighted by Gasteiger charge is -2.15. The van der Waals surface area contributed by atoms with Crippen molar-refractivity contribution in [1.29, 1.82) is 0 Å². The van der Waals surface area contributed by atoms with Crippen LogP contribution in [0.5, 0.6) is 5.75 Å². The Morgan fingerprint density at radius 1 is 1.19 bits per heavy atom. The van der Waals surface area contributed by atoms with Crippen LogP contribution in [-0.4, -0.2) is 37.0 Å². The zero-order chi connectivity index (χ0) is 19.4. The number of ether oxygens (including phenoxy) is 1. The van der Waals surface area contributed by atoms with Gasteiger partial charge in [0, 0.05) is 17.6 Å². The van der Waals surface area contributed by atoms with E-state index < -0.39 is 10.0 Å². The minimum absolute atomic E-state index is 0.0279. The molecule has 3 rings (SSSR count). The number of rotatable bonds is 7. The fourth-order valence-corrected chi connectivity index (χ4v) is 3.78. The first-order valence-corrected chi connectivity index (χ1v) is 10.0. The van der Waals surface area contributed by atoms with Crippen LogP contribution in [0, 0.1) is 0 Å². The van der Waals surface area contributed by atoms with E-state index in [9.17, 15) is 8.42 Å². The Kier molecular flexibility index (Phi) is 5.79. The molecule has 3 aromatic rings. The number of benzene rings is 2. The van der Waals surface area contributed by atoms with Crippen molar-refractivity contribution in [3.63, 3.8) is 0 Å². The Morgan fingerprint density at radius 2 is 1.96 bits per heavy atom. The number of hydrogen-bond donors (Lipinski definition) is 0. The minimum Gasteiger partial charge on any atom is -0.497 e. The highest BCUT2D eigenvalue weighted by Crippen LogP contribution is 2.22. The topological polar surface area (TPSA) is 85.5 Å². The second kappa shape index (κ2) is 8.08. The summed E-state index contributed by atoms with van der Waals surface area (Å²) < 4.78 is 36.7. The molecule has 0 aliphatic heterocycles. The number of methoxy groups -OCH3 is 1. The summed E-state index contributed by atoms with van der Waals surface area (Å²) in [6, 6.07) is 14.0. The van der Waals surface area contributed by atoms with E-state index in [1.807, 2.05) is 12.1 Å². The summed E-state index contributed by atoms with van der Waals surface area (Å²) in [5.74, 6) is 1.07. The highest BCUT2D eigenvalue weighted by atomic mass is 35.5. The van der Waals surface area contributed by atoms with E-state index in [2.05, 4.69) is 10.1 Å². The summed E-state index contributed by atoms with van der Waals surface area (Å²) in [5, 5.41) is 4.40. The van der Waals surface area contributed by atoms with Gasteiger partial charge >= 0.3 is 0 Å². The Bertz CT molecular complexity index is 1040. The predicted octanol–water partition coefficient (Wildman–Crippen LogP) is 3.36. The van der Waals surface area contributed by atoms with E-state index in [1.165, 1.54) is 11.4 Å². The fourth-order valence-electron chi connectivity index (χ4n) is 2.43. The first-order chi connectivity index (χ1) is 12.9. The number of nitrogens with zero attached hydrogens (tertiary/aromatic N) is 3. The first kappa shape index (κ1) is 19.3. The molecule has 0 atom stereocenters. The normalized spacial score (nSPS) is 11.7. The van der Waals surface area contributed by atoms with E-state index in [1.54, 1.807) is 43.5 Å². The second-order valence-electron chi connectivity index (χ2n) is 5.89. The maximum Gasteiger partial charge on any atom is 0.242 e. The van der Waals surface area contributed by atoms with Gasteiger partial charge in [-0.15, -0.1) is 0 Å². The van der Waals surface area contributed by atoms with Crippen LogP contribution in [-0.2, 0) is 22.3 Å². The van der Waals surface area contributed by atoms with Crippen LogP contribution in [0.3, 0.4) is 0 Å². The number of hydrogen-bond acceptors (Lipinski definition) is 6. The number of aromatic nitrogens is 2. The summed E-state index contributed by atoms with van der Waals surface area (Å²) in [6.45, 7) is -0.0279. The second-order valence-corrected chi connectivity index (χ2v) is 8.40. The fraction of sp³-hybridized carbons (Fsp3) is 0.222. The average molecular weight is 408 g/mol. The SMILES string of the molecule is COc1cccc(-c2noc(CN(C)S(=O)(=O)Cc3cccc(Cl)c3)n2)c1. The van der Waals surface area contributed by atoms with Gasteiger partial charge in [-0.3, -0.25) is 0 Å². The largest absolute Gasteiger partial charge is 0.497 e. The molecule has 0 saturated heterocycles. The van der Waals surface area contributed by atoms with Gasteiger partial charge < -0.3 is 9.26 Å². The molecule has 142 valence electrons. The number of halogens is 1. The van der Waals surface area contributed by atoms with E-state index in [0.29, 0.717) is 27.7 Å². The minimum atomic E-state index is -3.57. The summed E-state index contributed by atoms with van der Waals surface area (Å²) >= 11 is 5.91. The van der Waals surface area contributed by atoms with Gasteiger partial charge in [-0.25, -0.2) is 8.42 Å². The van der Waals surface area contributed by atoms with Crippen LogP contribution in [0.2, 0.25) is 5.02 Å². The van der Waals surface area contributed by atoms with Crippen molar-refractivity contribution in [2.75, 3.05) is 14.2 Å². The molecule has 2 aromatic carbocycles. The van der Waals surface area contributed by atoms with Crippen molar-refractivity contribution < 1.29 is 17.7 Å². The standard InChI is InChI=1S/C18H18ClN3O4S/c1-22(27(23,24)12-13-5-3-7-15(19)9-13)11-17-20-18(21-26-17)14-6-4-8-16(10-14)25-2/h3-10H,11-12H2,1-2H3. The quantitative estimate of drug-likeness (QED) is 0.597. The molecule has 0 unspecified atom stereocenters. The Hall–Kier alpha value is -2.42. The van der Waals surface area contributed by atoms with E-state index in [-0.39, 0.29) is 18.2 Å². The monoisotopic (exact) mass is 407 g/mol. The zero-order valence-electron chi connectivity index (χ0n) is 14.8. The molecule has 1 heterocycles. The van der Waals surface area contributed by atoms with Gasteiger partial charge in [-0.1, -0.05) is 41.0 Å². The van der Waals surface area contributed by atoms with Crippen molar-refractivity contribution in [2.45, 2.75) is 12.3 Å². The molecule has 0 spiro atoms. The van der Waals surface area contributed by atoms with Gasteiger partial charge in [0.15, 0.2) is 0 Å². The van der Waals surface area contributed by atoms with Crippen LogP contribution < -0.4 is 4.74 Å². The lowest BCUT2D eigenvalue weighted by atomic mass is 10.2. The third kappa shape index (κ3) is 4.85. The van der Waals surface area contributed by atoms with Gasteiger partial charge in [-0.2, -0.15) is 9.29 Å². The summed E-state index contributed by atoms with van der Waals surface area (Å²) in [4.78, 5) is 4.27. The van der Waals surface area contributed by atoms with Gasteiger partial charge in [-0.05, 0) is 29.8 Å². The number of sulfonamides is 1. The molecule has 0 saturated carbocycles. The highest BCUT2D eigenvalue weighted by Gasteiger charge is 2.22. The molecule has 9 heteroatoms. The zero-order valence-corrected chi connectivity index (χ0v) is 16.4. The molecule has 27 heavy (non-hydrogen) atoms. The third-order valence-electron chi connectivity index (χ3n) is 3.87. The lowest BCUT2D eigenvalue weighted by Crippen LogP contribution is -2.27. The maximum atomic E-state index is 12.6. The molecule has 0 aliphatic carbocycles. The molecular weight excluding hydrogens is 390 g/mol. The summed E-state index contributed by atoms with van der Waals surface area (Å²) in [7, 11) is -0.530. The van der Waals surface area contributed by atoms with Crippen LogP contribution in [0.4, 0.5) is 0 Å². The van der Waals surface area contributed by atoms with Crippen molar-refractivity contribution >= 4 is 21.6 Å². The Morgan fingerprint density at radius 3 is 2.70 bits per heavy atom. The summed E-state index contributed by atoms with van der Waals surface area (Å²) in [6.07, 6.45) is 0. The van der Waals surface area contributed by atoms with Crippen molar-refractivity contribution in [3.8, 4) is 17.1 Å². The van der Waals surface area contributed by atoms with Gasteiger partial charge in [0.25, 0.3) is 0 Å². The molecule has 0 aliphatic rings. The molecule has 1 aromatic heterocycles. The van der Waals surface area contributed by atoms with Crippen molar-refractivity contribution in [2.24, 2.45) is 0 Å². The maximum absolute atomic E-state index is 12.6. The molecule has 0 fully saturated rings. The molecule has 0 N–H and O–H groups in total. The van der Waals surface area contributed by atoms with Crippen LogP contribution in [0.15, 0.2) is 53.1 Å². The lowest BCUT2D eigenvalue weighted by molar-refractivity contribution is 0.336. The molecule has 0 radical (unpaired) electrons. The first-order valence-electron chi connectivity index (χ1n) is 8.03. The molecule has 0 amide bonds. The van der Waals surface area contributed by atoms with Crippen LogP contribution in [0.1, 0.15) is 11.5 Å². The van der Waals surface area contributed by atoms with Gasteiger partial charge in [0.05, 0.1) is 19.4 Å². The highest BCUT2D eigenvalue weighted by molar-refractivity contribution is 7.88. The van der Waals surface area contributed by atoms with Gasteiger partial charge in [0.1, 0.15) is 5.75 Å². The van der Waals surface area contributed by atoms with Gasteiger partial charge in [0.2, 0.25) is 21.7 Å². The van der Waals surface area contributed by atoms with Crippen LogP contribution >= 0.6 is 11.6 Å². The third-order valence-corrected chi connectivity index (χ3v) is 5.88. The summed E-state index contributed by atoms with van der Waals surface area (Å²) in [5.41, 5.74) is 1.32. The molecule has 0 bridgehead atoms. The van der Waals surface area contributed by atoms with E-state index in [4.69, 9.17) is 20.9 Å². The Balaban J connectivity index is 1.72.